The summed E-state index contributed by atoms with van der Waals surface area (Å²) in [7, 11) is 1.63. The SMILES string of the molecule is COc1cccc(CNC2CCC(NC(C)=O)CC2)n1. The van der Waals surface area contributed by atoms with Gasteiger partial charge in [0.05, 0.1) is 12.8 Å². The predicted molar refractivity (Wildman–Crippen MR) is 77.5 cm³/mol. The van der Waals surface area contributed by atoms with Gasteiger partial charge >= 0.3 is 0 Å². The van der Waals surface area contributed by atoms with Crippen molar-refractivity contribution in [2.75, 3.05) is 7.11 Å². The summed E-state index contributed by atoms with van der Waals surface area (Å²) in [5.41, 5.74) is 0.994. The van der Waals surface area contributed by atoms with Crippen LogP contribution in [-0.4, -0.2) is 30.1 Å². The van der Waals surface area contributed by atoms with Crippen molar-refractivity contribution in [3.05, 3.63) is 23.9 Å². The maximum atomic E-state index is 11.0. The second kappa shape index (κ2) is 7.24. The molecule has 2 rings (SSSR count). The second-order valence-electron chi connectivity index (χ2n) is 5.30. The van der Waals surface area contributed by atoms with Gasteiger partial charge in [-0.2, -0.15) is 0 Å². The fraction of sp³-hybridized carbons (Fsp3) is 0.600. The van der Waals surface area contributed by atoms with E-state index in [4.69, 9.17) is 4.74 Å². The number of ether oxygens (including phenoxy) is 1. The standard InChI is InChI=1S/C15H23N3O2/c1-11(19)17-13-8-6-12(7-9-13)16-10-14-4-3-5-15(18-14)20-2/h3-5,12-13,16H,6-10H2,1-2H3,(H,17,19). The first-order valence-electron chi connectivity index (χ1n) is 7.18. The molecule has 0 atom stereocenters. The Morgan fingerprint density at radius 2 is 2.00 bits per heavy atom. The van der Waals surface area contributed by atoms with E-state index < -0.39 is 0 Å². The summed E-state index contributed by atoms with van der Waals surface area (Å²) in [6.07, 6.45) is 4.27. The first kappa shape index (κ1) is 14.8. The van der Waals surface area contributed by atoms with E-state index in [-0.39, 0.29) is 5.91 Å². The Labute approximate surface area is 120 Å². The van der Waals surface area contributed by atoms with E-state index in [1.54, 1.807) is 14.0 Å². The third-order valence-corrected chi connectivity index (χ3v) is 3.70. The first-order chi connectivity index (χ1) is 9.67. The summed E-state index contributed by atoms with van der Waals surface area (Å²) >= 11 is 0. The molecule has 0 aromatic carbocycles. The molecule has 0 unspecified atom stereocenters. The number of aromatic nitrogens is 1. The summed E-state index contributed by atoms with van der Waals surface area (Å²) in [5.74, 6) is 0.723. The number of amides is 1. The van der Waals surface area contributed by atoms with Gasteiger partial charge in [0.2, 0.25) is 11.8 Å². The average molecular weight is 277 g/mol. The van der Waals surface area contributed by atoms with Crippen molar-refractivity contribution in [2.45, 2.75) is 51.2 Å². The molecule has 5 heteroatoms. The number of hydrogen-bond acceptors (Lipinski definition) is 4. The minimum absolute atomic E-state index is 0.0713. The highest BCUT2D eigenvalue weighted by Gasteiger charge is 2.21. The number of hydrogen-bond donors (Lipinski definition) is 2. The molecule has 5 nitrogen and oxygen atoms in total. The zero-order chi connectivity index (χ0) is 14.4. The lowest BCUT2D eigenvalue weighted by atomic mass is 9.91. The first-order valence-corrected chi connectivity index (χ1v) is 7.18. The monoisotopic (exact) mass is 277 g/mol. The van der Waals surface area contributed by atoms with E-state index in [1.165, 1.54) is 0 Å². The van der Waals surface area contributed by atoms with Crippen LogP contribution >= 0.6 is 0 Å². The molecule has 110 valence electrons. The highest BCUT2D eigenvalue weighted by molar-refractivity contribution is 5.73. The van der Waals surface area contributed by atoms with Crippen LogP contribution in [0.5, 0.6) is 5.88 Å². The molecule has 0 radical (unpaired) electrons. The molecule has 1 heterocycles. The van der Waals surface area contributed by atoms with Crippen molar-refractivity contribution in [1.82, 2.24) is 15.6 Å². The third-order valence-electron chi connectivity index (χ3n) is 3.70. The molecule has 0 aliphatic heterocycles. The molecule has 2 N–H and O–H groups in total. The fourth-order valence-corrected chi connectivity index (χ4v) is 2.65. The van der Waals surface area contributed by atoms with E-state index >= 15 is 0 Å². The van der Waals surface area contributed by atoms with Gasteiger partial charge in [-0.1, -0.05) is 6.07 Å². The zero-order valence-electron chi connectivity index (χ0n) is 12.2. The molecule has 0 spiro atoms. The fourth-order valence-electron chi connectivity index (χ4n) is 2.65. The van der Waals surface area contributed by atoms with Crippen molar-refractivity contribution >= 4 is 5.91 Å². The van der Waals surface area contributed by atoms with Crippen molar-refractivity contribution in [2.24, 2.45) is 0 Å². The van der Waals surface area contributed by atoms with Gasteiger partial charge in [0.15, 0.2) is 0 Å². The number of nitrogens with zero attached hydrogens (tertiary/aromatic N) is 1. The minimum Gasteiger partial charge on any atom is -0.481 e. The van der Waals surface area contributed by atoms with Crippen LogP contribution in [0.25, 0.3) is 0 Å². The Morgan fingerprint density at radius 3 is 2.65 bits per heavy atom. The lowest BCUT2D eigenvalue weighted by Gasteiger charge is -2.29. The molecule has 1 amide bonds. The number of methoxy groups -OCH3 is 1. The molecule has 1 aliphatic carbocycles. The van der Waals surface area contributed by atoms with Crippen LogP contribution in [0.15, 0.2) is 18.2 Å². The normalized spacial score (nSPS) is 22.3. The van der Waals surface area contributed by atoms with Crippen LogP contribution in [0.1, 0.15) is 38.3 Å². The summed E-state index contributed by atoms with van der Waals surface area (Å²) < 4.78 is 5.12. The van der Waals surface area contributed by atoms with Gasteiger partial charge in [0, 0.05) is 31.6 Å². The van der Waals surface area contributed by atoms with Gasteiger partial charge in [-0.3, -0.25) is 4.79 Å². The average Bonchev–Trinajstić information content (AvgIpc) is 2.46. The van der Waals surface area contributed by atoms with Crippen LogP contribution in [0, 0.1) is 0 Å². The van der Waals surface area contributed by atoms with Crippen molar-refractivity contribution in [3.63, 3.8) is 0 Å². The number of pyridine rings is 1. The quantitative estimate of drug-likeness (QED) is 0.858. The van der Waals surface area contributed by atoms with Crippen molar-refractivity contribution in [3.8, 4) is 5.88 Å². The molecule has 1 aliphatic rings. The van der Waals surface area contributed by atoms with E-state index in [9.17, 15) is 4.79 Å². The van der Waals surface area contributed by atoms with Gasteiger partial charge in [-0.05, 0) is 31.7 Å². The van der Waals surface area contributed by atoms with Gasteiger partial charge in [0.1, 0.15) is 0 Å². The Balaban J connectivity index is 1.74. The van der Waals surface area contributed by atoms with E-state index in [1.807, 2.05) is 18.2 Å². The molecule has 1 aromatic rings. The maximum absolute atomic E-state index is 11.0. The maximum Gasteiger partial charge on any atom is 0.217 e. The third kappa shape index (κ3) is 4.49. The van der Waals surface area contributed by atoms with Gasteiger partial charge in [-0.25, -0.2) is 4.98 Å². The zero-order valence-corrected chi connectivity index (χ0v) is 12.2. The highest BCUT2D eigenvalue weighted by Crippen LogP contribution is 2.19. The smallest absolute Gasteiger partial charge is 0.217 e. The summed E-state index contributed by atoms with van der Waals surface area (Å²) in [5, 5.41) is 6.53. The number of carbonyl (C=O) groups is 1. The van der Waals surface area contributed by atoms with Gasteiger partial charge in [-0.15, -0.1) is 0 Å². The molecular weight excluding hydrogens is 254 g/mol. The van der Waals surface area contributed by atoms with E-state index in [0.29, 0.717) is 18.0 Å². The topological polar surface area (TPSA) is 63.2 Å². The number of carbonyl (C=O) groups excluding carboxylic acids is 1. The molecule has 0 saturated heterocycles. The minimum atomic E-state index is 0.0713. The van der Waals surface area contributed by atoms with Crippen LogP contribution in [0.4, 0.5) is 0 Å². The predicted octanol–water partition coefficient (Wildman–Crippen LogP) is 1.63. The lowest BCUT2D eigenvalue weighted by molar-refractivity contribution is -0.119. The summed E-state index contributed by atoms with van der Waals surface area (Å²) in [6, 6.07) is 6.66. The summed E-state index contributed by atoms with van der Waals surface area (Å²) in [6.45, 7) is 2.34. The van der Waals surface area contributed by atoms with Crippen molar-refractivity contribution in [1.29, 1.82) is 0 Å². The molecule has 1 aromatic heterocycles. The highest BCUT2D eigenvalue weighted by atomic mass is 16.5. The largest absolute Gasteiger partial charge is 0.481 e. The molecule has 1 fully saturated rings. The molecule has 20 heavy (non-hydrogen) atoms. The van der Waals surface area contributed by atoms with Crippen LogP contribution in [-0.2, 0) is 11.3 Å². The molecule has 1 saturated carbocycles. The Kier molecular flexibility index (Phi) is 5.35. The van der Waals surface area contributed by atoms with Gasteiger partial charge < -0.3 is 15.4 Å². The lowest BCUT2D eigenvalue weighted by Crippen LogP contribution is -2.41. The number of rotatable bonds is 5. The second-order valence-corrected chi connectivity index (χ2v) is 5.30. The van der Waals surface area contributed by atoms with Crippen molar-refractivity contribution < 1.29 is 9.53 Å². The van der Waals surface area contributed by atoms with Crippen LogP contribution in [0.3, 0.4) is 0 Å². The molecular formula is C15H23N3O2. The van der Waals surface area contributed by atoms with Gasteiger partial charge in [0.25, 0.3) is 0 Å². The number of nitrogens with one attached hydrogen (secondary N) is 2. The summed E-state index contributed by atoms with van der Waals surface area (Å²) in [4.78, 5) is 15.4. The molecule has 0 bridgehead atoms. The van der Waals surface area contributed by atoms with Crippen LogP contribution < -0.4 is 15.4 Å². The Morgan fingerprint density at radius 1 is 1.30 bits per heavy atom. The van der Waals surface area contributed by atoms with E-state index in [2.05, 4.69) is 15.6 Å². The van der Waals surface area contributed by atoms with E-state index in [0.717, 1.165) is 37.9 Å². The Bertz CT molecular complexity index is 442. The Hall–Kier alpha value is -1.62. The van der Waals surface area contributed by atoms with Crippen LogP contribution in [0.2, 0.25) is 0 Å².